The summed E-state index contributed by atoms with van der Waals surface area (Å²) < 4.78 is 72.5. The summed E-state index contributed by atoms with van der Waals surface area (Å²) in [4.78, 5) is 0. The van der Waals surface area contributed by atoms with E-state index in [-0.39, 0.29) is 12.3 Å². The van der Waals surface area contributed by atoms with Crippen molar-refractivity contribution in [3.8, 4) is 0 Å². The maximum Gasteiger partial charge on any atom is 0.200 e. The molecule has 1 nitrogen and oxygen atoms in total. The Morgan fingerprint density at radius 3 is 1.64 bits per heavy atom. The monoisotopic (exact) mass is 340 g/mol. The molecule has 1 atom stereocenters. The van der Waals surface area contributed by atoms with Crippen molar-refractivity contribution in [2.24, 2.45) is 5.92 Å². The van der Waals surface area contributed by atoms with E-state index in [9.17, 15) is 22.0 Å². The van der Waals surface area contributed by atoms with Crippen molar-refractivity contribution in [2.45, 2.75) is 45.3 Å². The summed E-state index contributed by atoms with van der Waals surface area (Å²) in [5.41, 5.74) is -0.741. The molecule has 1 aromatic rings. The van der Waals surface area contributed by atoms with Crippen LogP contribution in [-0.2, 0) is 10.8 Å². The van der Waals surface area contributed by atoms with E-state index >= 15 is 0 Å². The summed E-state index contributed by atoms with van der Waals surface area (Å²) in [5.74, 6) is -9.60. The molecular formula is C15H21F5OSi. The van der Waals surface area contributed by atoms with Gasteiger partial charge in [-0.15, -0.1) is 0 Å². The van der Waals surface area contributed by atoms with Gasteiger partial charge in [0.15, 0.2) is 31.6 Å². The van der Waals surface area contributed by atoms with Gasteiger partial charge < -0.3 is 4.43 Å². The minimum Gasteiger partial charge on any atom is -0.420 e. The number of rotatable bonds is 7. The molecule has 0 aliphatic carbocycles. The molecule has 0 aromatic heterocycles. The fourth-order valence-electron chi connectivity index (χ4n) is 2.80. The molecule has 126 valence electrons. The molecule has 0 heterocycles. The Kier molecular flexibility index (Phi) is 6.55. The lowest BCUT2D eigenvalue weighted by molar-refractivity contribution is 0.360. The van der Waals surface area contributed by atoms with E-state index in [1.165, 1.54) is 0 Å². The minimum absolute atomic E-state index is 0.204. The molecule has 0 saturated carbocycles. The quantitative estimate of drug-likeness (QED) is 0.287. The van der Waals surface area contributed by atoms with Crippen molar-refractivity contribution >= 4 is 8.32 Å². The molecule has 0 saturated heterocycles. The van der Waals surface area contributed by atoms with Gasteiger partial charge in [-0.2, -0.15) is 0 Å². The molecule has 0 aliphatic rings. The zero-order valence-corrected chi connectivity index (χ0v) is 14.2. The Morgan fingerprint density at radius 2 is 1.27 bits per heavy atom. The van der Waals surface area contributed by atoms with Crippen molar-refractivity contribution in [3.05, 3.63) is 34.6 Å². The highest BCUT2D eigenvalue weighted by atomic mass is 28.4. The smallest absolute Gasteiger partial charge is 0.200 e. The Morgan fingerprint density at radius 1 is 0.864 bits per heavy atom. The van der Waals surface area contributed by atoms with E-state index in [4.69, 9.17) is 4.43 Å². The Labute approximate surface area is 128 Å². The molecule has 0 fully saturated rings. The van der Waals surface area contributed by atoms with E-state index in [1.54, 1.807) is 14.0 Å². The molecule has 0 N–H and O–H groups in total. The zero-order valence-electron chi connectivity index (χ0n) is 13.2. The fourth-order valence-corrected chi connectivity index (χ4v) is 6.03. The number of halogens is 5. The van der Waals surface area contributed by atoms with Crippen LogP contribution in [0.15, 0.2) is 0 Å². The topological polar surface area (TPSA) is 9.23 Å². The van der Waals surface area contributed by atoms with E-state index in [0.29, 0.717) is 6.04 Å². The molecule has 7 heteroatoms. The van der Waals surface area contributed by atoms with E-state index in [2.05, 4.69) is 0 Å². The third kappa shape index (κ3) is 3.68. The third-order valence-corrected chi connectivity index (χ3v) is 9.18. The van der Waals surface area contributed by atoms with Crippen LogP contribution in [0.25, 0.3) is 0 Å². The second-order valence-electron chi connectivity index (χ2n) is 5.66. The number of benzene rings is 1. The van der Waals surface area contributed by atoms with E-state index < -0.39 is 43.0 Å². The first-order valence-electron chi connectivity index (χ1n) is 7.28. The summed E-state index contributed by atoms with van der Waals surface area (Å²) in [6, 6.07) is 2.28. The van der Waals surface area contributed by atoms with Crippen LogP contribution in [0.1, 0.15) is 26.3 Å². The van der Waals surface area contributed by atoms with Gasteiger partial charge in [-0.1, -0.05) is 20.8 Å². The Bertz CT molecular complexity index is 494. The SMILES string of the molecule is CC[Si](CC)(CC(C)Cc1c(F)c(F)c(F)c(F)c1F)OC. The van der Waals surface area contributed by atoms with Crippen LogP contribution in [0.3, 0.4) is 0 Å². The van der Waals surface area contributed by atoms with Crippen LogP contribution in [0.2, 0.25) is 18.1 Å². The van der Waals surface area contributed by atoms with Crippen molar-refractivity contribution in [1.82, 2.24) is 0 Å². The van der Waals surface area contributed by atoms with Crippen molar-refractivity contribution in [3.63, 3.8) is 0 Å². The molecule has 0 aliphatic heterocycles. The van der Waals surface area contributed by atoms with Crippen LogP contribution in [0.5, 0.6) is 0 Å². The van der Waals surface area contributed by atoms with E-state index in [1.807, 2.05) is 13.8 Å². The summed E-state index contributed by atoms with van der Waals surface area (Å²) in [6.45, 7) is 5.72. The predicted molar refractivity (Wildman–Crippen MR) is 77.6 cm³/mol. The highest BCUT2D eigenvalue weighted by Crippen LogP contribution is 2.30. The lowest BCUT2D eigenvalue weighted by Crippen LogP contribution is -2.37. The Hall–Kier alpha value is -0.953. The van der Waals surface area contributed by atoms with Crippen molar-refractivity contribution in [2.75, 3.05) is 7.11 Å². The van der Waals surface area contributed by atoms with Gasteiger partial charge in [0.25, 0.3) is 0 Å². The summed E-state index contributed by atoms with van der Waals surface area (Å²) >= 11 is 0. The number of hydrogen-bond acceptors (Lipinski definition) is 1. The van der Waals surface area contributed by atoms with Gasteiger partial charge in [-0.25, -0.2) is 22.0 Å². The van der Waals surface area contributed by atoms with Gasteiger partial charge >= 0.3 is 0 Å². The van der Waals surface area contributed by atoms with Crippen LogP contribution in [0.4, 0.5) is 22.0 Å². The second kappa shape index (κ2) is 7.54. The largest absolute Gasteiger partial charge is 0.420 e. The minimum atomic E-state index is -2.12. The van der Waals surface area contributed by atoms with E-state index in [0.717, 1.165) is 12.1 Å². The molecule has 1 rings (SSSR count). The zero-order chi connectivity index (χ0) is 17.1. The first kappa shape index (κ1) is 19.1. The predicted octanol–water partition coefficient (Wildman–Crippen LogP) is 5.19. The van der Waals surface area contributed by atoms with Crippen molar-refractivity contribution in [1.29, 1.82) is 0 Å². The van der Waals surface area contributed by atoms with Gasteiger partial charge in [-0.3, -0.25) is 0 Å². The lowest BCUT2D eigenvalue weighted by Gasteiger charge is -2.30. The lowest BCUT2D eigenvalue weighted by atomic mass is 10.0. The molecule has 0 radical (unpaired) electrons. The Balaban J connectivity index is 3.05. The highest BCUT2D eigenvalue weighted by Gasteiger charge is 2.33. The van der Waals surface area contributed by atoms with Crippen LogP contribution in [0, 0.1) is 35.0 Å². The molecule has 0 bridgehead atoms. The summed E-state index contributed by atoms with van der Waals surface area (Å²) in [7, 11) is -0.398. The highest BCUT2D eigenvalue weighted by molar-refractivity contribution is 6.73. The average Bonchev–Trinajstić information content (AvgIpc) is 2.53. The molecule has 22 heavy (non-hydrogen) atoms. The first-order valence-corrected chi connectivity index (χ1v) is 9.81. The maximum absolute atomic E-state index is 13.7. The van der Waals surface area contributed by atoms with Gasteiger partial charge in [0.2, 0.25) is 5.82 Å². The van der Waals surface area contributed by atoms with Crippen LogP contribution >= 0.6 is 0 Å². The maximum atomic E-state index is 13.7. The summed E-state index contributed by atoms with van der Waals surface area (Å²) in [6.07, 6.45) is -0.204. The second-order valence-corrected chi connectivity index (χ2v) is 10.3. The van der Waals surface area contributed by atoms with Crippen LogP contribution in [-0.4, -0.2) is 15.4 Å². The average molecular weight is 340 g/mol. The molecule has 0 spiro atoms. The van der Waals surface area contributed by atoms with Gasteiger partial charge in [0, 0.05) is 12.7 Å². The normalized spacial score (nSPS) is 13.5. The molecular weight excluding hydrogens is 319 g/mol. The number of hydrogen-bond donors (Lipinski definition) is 0. The van der Waals surface area contributed by atoms with Crippen LogP contribution < -0.4 is 0 Å². The van der Waals surface area contributed by atoms with Gasteiger partial charge in [0.05, 0.1) is 0 Å². The summed E-state index contributed by atoms with van der Waals surface area (Å²) in [5, 5.41) is 0. The molecule has 1 unspecified atom stereocenters. The van der Waals surface area contributed by atoms with Gasteiger partial charge in [-0.05, 0) is 30.5 Å². The van der Waals surface area contributed by atoms with Crippen molar-refractivity contribution < 1.29 is 26.4 Å². The third-order valence-electron chi connectivity index (χ3n) is 4.30. The molecule has 1 aromatic carbocycles. The first-order chi connectivity index (χ1) is 10.2. The fraction of sp³-hybridized carbons (Fsp3) is 0.600. The molecule has 0 amide bonds. The van der Waals surface area contributed by atoms with Gasteiger partial charge in [0.1, 0.15) is 0 Å². The standard InChI is InChI=1S/C15H21F5OSi/c1-5-22(6-2,21-4)8-9(3)7-10-11(16)13(18)15(20)14(19)12(10)17/h9H,5-8H2,1-4H3.